The van der Waals surface area contributed by atoms with Crippen LogP contribution in [0.3, 0.4) is 0 Å². The summed E-state index contributed by atoms with van der Waals surface area (Å²) < 4.78 is 5.33. The van der Waals surface area contributed by atoms with Crippen molar-refractivity contribution in [1.82, 2.24) is 0 Å². The van der Waals surface area contributed by atoms with Crippen LogP contribution in [0.15, 0.2) is 54.6 Å². The van der Waals surface area contributed by atoms with E-state index in [1.165, 1.54) is 56.2 Å². The van der Waals surface area contributed by atoms with Crippen LogP contribution in [0.1, 0.15) is 56.6 Å². The van der Waals surface area contributed by atoms with E-state index in [0.717, 1.165) is 5.75 Å². The number of nitrogens with one attached hydrogen (secondary N) is 1. The van der Waals surface area contributed by atoms with Gasteiger partial charge in [-0.1, -0.05) is 62.4 Å². The van der Waals surface area contributed by atoms with E-state index in [0.29, 0.717) is 12.0 Å². The fraction of sp³-hybridized carbons (Fsp3) is 0.455. The highest BCUT2D eigenvalue weighted by molar-refractivity contribution is 5.46. The first-order chi connectivity index (χ1) is 11.9. The molecule has 1 fully saturated rings. The van der Waals surface area contributed by atoms with Crippen molar-refractivity contribution in [2.45, 2.75) is 51.0 Å². The van der Waals surface area contributed by atoms with Gasteiger partial charge in [0.15, 0.2) is 0 Å². The van der Waals surface area contributed by atoms with Gasteiger partial charge in [0, 0.05) is 5.69 Å². The molecule has 3 rings (SSSR count). The van der Waals surface area contributed by atoms with Crippen LogP contribution in [-0.4, -0.2) is 7.11 Å². The van der Waals surface area contributed by atoms with E-state index in [1.54, 1.807) is 7.11 Å². The van der Waals surface area contributed by atoms with Crippen molar-refractivity contribution in [2.24, 2.45) is 5.92 Å². The average molecular weight is 323 g/mol. The highest BCUT2D eigenvalue weighted by atomic mass is 16.5. The molecule has 0 spiro atoms. The molecule has 0 heterocycles. The van der Waals surface area contributed by atoms with Crippen LogP contribution in [0.5, 0.6) is 5.75 Å². The second kappa shape index (κ2) is 8.77. The van der Waals surface area contributed by atoms with Crippen LogP contribution in [-0.2, 0) is 0 Å². The van der Waals surface area contributed by atoms with Crippen molar-refractivity contribution in [2.75, 3.05) is 12.4 Å². The Balaban J connectivity index is 1.83. The maximum Gasteiger partial charge on any atom is 0.118 e. The Hall–Kier alpha value is -1.96. The third-order valence-corrected chi connectivity index (χ3v) is 5.19. The average Bonchev–Trinajstić information content (AvgIpc) is 2.61. The molecule has 24 heavy (non-hydrogen) atoms. The normalized spacial score (nSPS) is 17.5. The number of anilines is 1. The maximum absolute atomic E-state index is 5.33. The third-order valence-electron chi connectivity index (χ3n) is 5.19. The second-order valence-corrected chi connectivity index (χ2v) is 6.87. The third kappa shape index (κ3) is 4.53. The summed E-state index contributed by atoms with van der Waals surface area (Å²) in [6.07, 6.45) is 9.52. The van der Waals surface area contributed by atoms with Crippen molar-refractivity contribution < 1.29 is 4.74 Å². The molecule has 1 saturated carbocycles. The molecule has 1 N–H and O–H groups in total. The minimum Gasteiger partial charge on any atom is -0.497 e. The molecular weight excluding hydrogens is 294 g/mol. The van der Waals surface area contributed by atoms with Gasteiger partial charge in [-0.15, -0.1) is 0 Å². The van der Waals surface area contributed by atoms with E-state index >= 15 is 0 Å². The van der Waals surface area contributed by atoms with E-state index in [1.807, 2.05) is 0 Å². The largest absolute Gasteiger partial charge is 0.497 e. The number of ether oxygens (including phenoxy) is 1. The monoisotopic (exact) mass is 323 g/mol. The molecule has 2 aromatic rings. The molecule has 0 radical (unpaired) electrons. The highest BCUT2D eigenvalue weighted by Gasteiger charge is 2.23. The van der Waals surface area contributed by atoms with Crippen molar-refractivity contribution >= 4 is 5.69 Å². The van der Waals surface area contributed by atoms with Crippen LogP contribution in [0, 0.1) is 5.92 Å². The minimum atomic E-state index is 0.372. The molecule has 0 aromatic heterocycles. The number of rotatable bonds is 5. The molecule has 0 aliphatic heterocycles. The molecule has 1 unspecified atom stereocenters. The molecule has 128 valence electrons. The Morgan fingerprint density at radius 2 is 1.46 bits per heavy atom. The summed E-state index contributed by atoms with van der Waals surface area (Å²) in [5, 5.41) is 3.81. The minimum absolute atomic E-state index is 0.372. The summed E-state index contributed by atoms with van der Waals surface area (Å²) in [6.45, 7) is 0. The molecule has 0 amide bonds. The lowest BCUT2D eigenvalue weighted by molar-refractivity contribution is 0.340. The van der Waals surface area contributed by atoms with Crippen LogP contribution in [0.4, 0.5) is 5.69 Å². The molecule has 1 atom stereocenters. The standard InChI is InChI=1S/C22H29NO/c1-24-21-16-14-19(15-17-21)22(23-20-12-8-5-9-13-20)18-10-6-3-2-4-7-11-18/h5,8-9,12-18,22-23H,2-4,6-7,10-11H2,1H3. The van der Waals surface area contributed by atoms with Crippen LogP contribution in [0.25, 0.3) is 0 Å². The number of methoxy groups -OCH3 is 1. The summed E-state index contributed by atoms with van der Waals surface area (Å²) >= 11 is 0. The summed E-state index contributed by atoms with van der Waals surface area (Å²) in [5.74, 6) is 1.62. The lowest BCUT2D eigenvalue weighted by Crippen LogP contribution is -2.22. The fourth-order valence-electron chi connectivity index (χ4n) is 3.82. The van der Waals surface area contributed by atoms with E-state index in [-0.39, 0.29) is 0 Å². The molecule has 1 aliphatic rings. The van der Waals surface area contributed by atoms with E-state index < -0.39 is 0 Å². The summed E-state index contributed by atoms with van der Waals surface area (Å²) in [5.41, 5.74) is 2.57. The van der Waals surface area contributed by atoms with Gasteiger partial charge in [-0.2, -0.15) is 0 Å². The quantitative estimate of drug-likeness (QED) is 0.706. The van der Waals surface area contributed by atoms with Crippen molar-refractivity contribution in [3.05, 3.63) is 60.2 Å². The smallest absolute Gasteiger partial charge is 0.118 e. The van der Waals surface area contributed by atoms with Gasteiger partial charge in [0.25, 0.3) is 0 Å². The number of benzene rings is 2. The zero-order valence-electron chi connectivity index (χ0n) is 14.7. The topological polar surface area (TPSA) is 21.3 Å². The Bertz CT molecular complexity index is 585. The van der Waals surface area contributed by atoms with Gasteiger partial charge in [0.1, 0.15) is 5.75 Å². The van der Waals surface area contributed by atoms with Gasteiger partial charge in [-0.25, -0.2) is 0 Å². The first-order valence-corrected chi connectivity index (χ1v) is 9.32. The number of hydrogen-bond donors (Lipinski definition) is 1. The van der Waals surface area contributed by atoms with Gasteiger partial charge in [-0.05, 0) is 48.6 Å². The van der Waals surface area contributed by atoms with E-state index in [9.17, 15) is 0 Å². The molecule has 2 aromatic carbocycles. The number of hydrogen-bond acceptors (Lipinski definition) is 2. The predicted molar refractivity (Wildman–Crippen MR) is 102 cm³/mol. The first-order valence-electron chi connectivity index (χ1n) is 9.32. The van der Waals surface area contributed by atoms with Crippen LogP contribution in [0.2, 0.25) is 0 Å². The number of para-hydroxylation sites is 1. The molecule has 2 heteroatoms. The lowest BCUT2D eigenvalue weighted by atomic mass is 9.82. The SMILES string of the molecule is COc1ccc(C(Nc2ccccc2)C2CCCCCCC2)cc1. The zero-order chi connectivity index (χ0) is 16.6. The van der Waals surface area contributed by atoms with Gasteiger partial charge in [0.05, 0.1) is 13.2 Å². The molecular formula is C22H29NO. The predicted octanol–water partition coefficient (Wildman–Crippen LogP) is 6.21. The molecule has 2 nitrogen and oxygen atoms in total. The van der Waals surface area contributed by atoms with Gasteiger partial charge in [0.2, 0.25) is 0 Å². The highest BCUT2D eigenvalue weighted by Crippen LogP contribution is 2.36. The van der Waals surface area contributed by atoms with Crippen molar-refractivity contribution in [1.29, 1.82) is 0 Å². The maximum atomic E-state index is 5.33. The van der Waals surface area contributed by atoms with Crippen molar-refractivity contribution in [3.8, 4) is 5.75 Å². The molecule has 0 bridgehead atoms. The van der Waals surface area contributed by atoms with E-state index in [2.05, 4.69) is 59.9 Å². The summed E-state index contributed by atoms with van der Waals surface area (Å²) in [6, 6.07) is 19.6. The first kappa shape index (κ1) is 16.9. The Morgan fingerprint density at radius 1 is 0.833 bits per heavy atom. The fourth-order valence-corrected chi connectivity index (χ4v) is 3.82. The van der Waals surface area contributed by atoms with Gasteiger partial charge >= 0.3 is 0 Å². The van der Waals surface area contributed by atoms with Crippen molar-refractivity contribution in [3.63, 3.8) is 0 Å². The second-order valence-electron chi connectivity index (χ2n) is 6.87. The molecule has 1 aliphatic carbocycles. The Morgan fingerprint density at radius 3 is 2.08 bits per heavy atom. The molecule has 0 saturated heterocycles. The Kier molecular flexibility index (Phi) is 6.17. The van der Waals surface area contributed by atoms with Gasteiger partial charge in [-0.3, -0.25) is 0 Å². The Labute approximate surface area is 146 Å². The van der Waals surface area contributed by atoms with Gasteiger partial charge < -0.3 is 10.1 Å². The summed E-state index contributed by atoms with van der Waals surface area (Å²) in [7, 11) is 1.73. The van der Waals surface area contributed by atoms with Crippen LogP contribution >= 0.6 is 0 Å². The summed E-state index contributed by atoms with van der Waals surface area (Å²) in [4.78, 5) is 0. The van der Waals surface area contributed by atoms with Crippen LogP contribution < -0.4 is 10.1 Å². The van der Waals surface area contributed by atoms with E-state index in [4.69, 9.17) is 4.74 Å². The lowest BCUT2D eigenvalue weighted by Gasteiger charge is -2.31. The zero-order valence-corrected chi connectivity index (χ0v) is 14.7.